The van der Waals surface area contributed by atoms with Gasteiger partial charge in [-0.05, 0) is 35.4 Å². The van der Waals surface area contributed by atoms with Crippen LogP contribution in [0.4, 0.5) is 13.2 Å². The van der Waals surface area contributed by atoms with Crippen molar-refractivity contribution in [1.29, 1.82) is 0 Å². The summed E-state index contributed by atoms with van der Waals surface area (Å²) in [6.45, 7) is 0. The van der Waals surface area contributed by atoms with E-state index >= 15 is 0 Å². The SMILES string of the molecule is O=C(Cc1cccc(Cl)c1)NC(Cc1ccc(C(F)(F)F)cc1)C(=O)NO. The Morgan fingerprint density at radius 1 is 1.07 bits per heavy atom. The third-order valence-electron chi connectivity index (χ3n) is 3.74. The molecule has 27 heavy (non-hydrogen) atoms. The Labute approximate surface area is 158 Å². The van der Waals surface area contributed by atoms with Crippen molar-refractivity contribution in [1.82, 2.24) is 10.8 Å². The number of amides is 2. The monoisotopic (exact) mass is 400 g/mol. The summed E-state index contributed by atoms with van der Waals surface area (Å²) in [5.41, 5.74) is 1.64. The summed E-state index contributed by atoms with van der Waals surface area (Å²) in [6, 6.07) is 9.64. The first-order valence-corrected chi connectivity index (χ1v) is 8.20. The zero-order valence-electron chi connectivity index (χ0n) is 13.9. The highest BCUT2D eigenvalue weighted by molar-refractivity contribution is 6.30. The van der Waals surface area contributed by atoms with Gasteiger partial charge in [0, 0.05) is 11.4 Å². The lowest BCUT2D eigenvalue weighted by molar-refractivity contribution is -0.137. The molecule has 0 aliphatic carbocycles. The molecular formula is C18H16ClF3N2O3. The number of halogens is 4. The number of alkyl halides is 3. The van der Waals surface area contributed by atoms with Gasteiger partial charge in [-0.25, -0.2) is 5.48 Å². The summed E-state index contributed by atoms with van der Waals surface area (Å²) in [7, 11) is 0. The number of hydrogen-bond donors (Lipinski definition) is 3. The lowest BCUT2D eigenvalue weighted by atomic mass is 10.0. The molecule has 2 rings (SSSR count). The van der Waals surface area contributed by atoms with Crippen molar-refractivity contribution in [3.63, 3.8) is 0 Å². The average Bonchev–Trinajstić information content (AvgIpc) is 2.60. The summed E-state index contributed by atoms with van der Waals surface area (Å²) in [5.74, 6) is -1.38. The zero-order valence-corrected chi connectivity index (χ0v) is 14.6. The van der Waals surface area contributed by atoms with E-state index in [9.17, 15) is 22.8 Å². The molecule has 0 saturated heterocycles. The normalized spacial score (nSPS) is 12.3. The first-order valence-electron chi connectivity index (χ1n) is 7.83. The van der Waals surface area contributed by atoms with Crippen LogP contribution in [-0.2, 0) is 28.6 Å². The summed E-state index contributed by atoms with van der Waals surface area (Å²) in [6.07, 6.45) is -4.61. The standard InChI is InChI=1S/C18H16ClF3N2O3/c19-14-3-1-2-12(8-14)10-16(25)23-15(17(26)24-27)9-11-4-6-13(7-5-11)18(20,21)22/h1-8,15,27H,9-10H2,(H,23,25)(H,24,26). The van der Waals surface area contributed by atoms with Gasteiger partial charge in [0.25, 0.3) is 5.91 Å². The fourth-order valence-electron chi connectivity index (χ4n) is 2.43. The van der Waals surface area contributed by atoms with E-state index < -0.39 is 29.6 Å². The Morgan fingerprint density at radius 3 is 2.30 bits per heavy atom. The Kier molecular flexibility index (Phi) is 6.81. The van der Waals surface area contributed by atoms with Crippen LogP contribution in [0.25, 0.3) is 0 Å². The highest BCUT2D eigenvalue weighted by atomic mass is 35.5. The van der Waals surface area contributed by atoms with Gasteiger partial charge in [0.2, 0.25) is 5.91 Å². The molecule has 5 nitrogen and oxygen atoms in total. The van der Waals surface area contributed by atoms with Crippen molar-refractivity contribution in [2.45, 2.75) is 25.1 Å². The molecule has 2 aromatic rings. The minimum atomic E-state index is -4.47. The first kappa shape index (κ1) is 20.7. The van der Waals surface area contributed by atoms with Gasteiger partial charge >= 0.3 is 6.18 Å². The maximum Gasteiger partial charge on any atom is 0.416 e. The van der Waals surface area contributed by atoms with E-state index in [1.54, 1.807) is 24.3 Å². The molecule has 0 heterocycles. The fraction of sp³-hybridized carbons (Fsp3) is 0.222. The number of hydrogen-bond acceptors (Lipinski definition) is 3. The molecule has 1 atom stereocenters. The van der Waals surface area contributed by atoms with Crippen LogP contribution in [0.1, 0.15) is 16.7 Å². The third kappa shape index (κ3) is 6.26. The summed E-state index contributed by atoms with van der Waals surface area (Å²) in [4.78, 5) is 24.0. The van der Waals surface area contributed by atoms with Crippen LogP contribution in [0.15, 0.2) is 48.5 Å². The largest absolute Gasteiger partial charge is 0.416 e. The molecule has 1 unspecified atom stereocenters. The van der Waals surface area contributed by atoms with Crippen LogP contribution in [0.3, 0.4) is 0 Å². The van der Waals surface area contributed by atoms with E-state index in [1.165, 1.54) is 17.6 Å². The molecule has 0 aliphatic heterocycles. The number of hydroxylamine groups is 1. The van der Waals surface area contributed by atoms with E-state index in [0.29, 0.717) is 16.1 Å². The number of carbonyl (C=O) groups excluding carboxylic acids is 2. The Bertz CT molecular complexity index is 810. The average molecular weight is 401 g/mol. The Hall–Kier alpha value is -2.58. The second-order valence-corrected chi connectivity index (χ2v) is 6.24. The van der Waals surface area contributed by atoms with Crippen LogP contribution in [0.2, 0.25) is 5.02 Å². The Balaban J connectivity index is 2.06. The van der Waals surface area contributed by atoms with Crippen molar-refractivity contribution in [3.05, 3.63) is 70.2 Å². The van der Waals surface area contributed by atoms with E-state index in [4.69, 9.17) is 16.8 Å². The highest BCUT2D eigenvalue weighted by Gasteiger charge is 2.30. The van der Waals surface area contributed by atoms with Gasteiger partial charge in [0.15, 0.2) is 0 Å². The molecule has 2 aromatic carbocycles. The van der Waals surface area contributed by atoms with Gasteiger partial charge in [0.1, 0.15) is 6.04 Å². The van der Waals surface area contributed by atoms with Crippen molar-refractivity contribution in [2.24, 2.45) is 0 Å². The van der Waals surface area contributed by atoms with Crippen molar-refractivity contribution in [2.75, 3.05) is 0 Å². The molecule has 9 heteroatoms. The molecule has 0 fully saturated rings. The van der Waals surface area contributed by atoms with Crippen LogP contribution in [0.5, 0.6) is 0 Å². The highest BCUT2D eigenvalue weighted by Crippen LogP contribution is 2.29. The van der Waals surface area contributed by atoms with Crippen molar-refractivity contribution >= 4 is 23.4 Å². The lowest BCUT2D eigenvalue weighted by Gasteiger charge is -2.17. The van der Waals surface area contributed by atoms with Gasteiger partial charge in [-0.15, -0.1) is 0 Å². The van der Waals surface area contributed by atoms with Gasteiger partial charge in [-0.1, -0.05) is 35.9 Å². The summed E-state index contributed by atoms with van der Waals surface area (Å²) < 4.78 is 37.8. The first-order chi connectivity index (χ1) is 12.7. The molecule has 2 amide bonds. The molecule has 0 radical (unpaired) electrons. The van der Waals surface area contributed by atoms with E-state index in [0.717, 1.165) is 12.1 Å². The van der Waals surface area contributed by atoms with Crippen LogP contribution >= 0.6 is 11.6 Å². The van der Waals surface area contributed by atoms with E-state index in [2.05, 4.69) is 5.32 Å². The summed E-state index contributed by atoms with van der Waals surface area (Å²) >= 11 is 5.85. The van der Waals surface area contributed by atoms with Crippen LogP contribution in [-0.4, -0.2) is 23.1 Å². The maximum atomic E-state index is 12.6. The molecular weight excluding hydrogens is 385 g/mol. The molecule has 0 aromatic heterocycles. The van der Waals surface area contributed by atoms with E-state index in [-0.39, 0.29) is 12.8 Å². The minimum Gasteiger partial charge on any atom is -0.344 e. The molecule has 0 bridgehead atoms. The smallest absolute Gasteiger partial charge is 0.344 e. The van der Waals surface area contributed by atoms with E-state index in [1.807, 2.05) is 0 Å². The molecule has 144 valence electrons. The fourth-order valence-corrected chi connectivity index (χ4v) is 2.64. The van der Waals surface area contributed by atoms with Gasteiger partial charge in [0.05, 0.1) is 12.0 Å². The van der Waals surface area contributed by atoms with Crippen LogP contribution < -0.4 is 10.8 Å². The number of nitrogens with one attached hydrogen (secondary N) is 2. The van der Waals surface area contributed by atoms with Crippen molar-refractivity contribution < 1.29 is 28.0 Å². The quantitative estimate of drug-likeness (QED) is 0.515. The van der Waals surface area contributed by atoms with Gasteiger partial charge in [-0.3, -0.25) is 14.8 Å². The second-order valence-electron chi connectivity index (χ2n) is 5.80. The minimum absolute atomic E-state index is 0.0528. The number of carbonyl (C=O) groups is 2. The second kappa shape index (κ2) is 8.88. The van der Waals surface area contributed by atoms with Gasteiger partial charge < -0.3 is 5.32 Å². The molecule has 0 saturated carbocycles. The molecule has 3 N–H and O–H groups in total. The Morgan fingerprint density at radius 2 is 1.74 bits per heavy atom. The number of benzene rings is 2. The summed E-state index contributed by atoms with van der Waals surface area (Å²) in [5, 5.41) is 11.8. The van der Waals surface area contributed by atoms with Crippen molar-refractivity contribution in [3.8, 4) is 0 Å². The molecule has 0 aliphatic rings. The van der Waals surface area contributed by atoms with Crippen LogP contribution in [0, 0.1) is 0 Å². The maximum absolute atomic E-state index is 12.6. The molecule has 0 spiro atoms. The predicted octanol–water partition coefficient (Wildman–Crippen LogP) is 3.13. The van der Waals surface area contributed by atoms with Gasteiger partial charge in [-0.2, -0.15) is 13.2 Å². The topological polar surface area (TPSA) is 78.4 Å². The third-order valence-corrected chi connectivity index (χ3v) is 3.97. The lowest BCUT2D eigenvalue weighted by Crippen LogP contribution is -2.47. The zero-order chi connectivity index (χ0) is 20.0. The number of rotatable bonds is 6. The predicted molar refractivity (Wildman–Crippen MR) is 92.2 cm³/mol.